The van der Waals surface area contributed by atoms with E-state index in [1.165, 1.54) is 0 Å². The number of methoxy groups -OCH3 is 1. The van der Waals surface area contributed by atoms with Crippen molar-refractivity contribution in [1.82, 2.24) is 20.0 Å². The van der Waals surface area contributed by atoms with Gasteiger partial charge in [-0.15, -0.1) is 0 Å². The average Bonchev–Trinajstić information content (AvgIpc) is 2.84. The second-order valence-corrected chi connectivity index (χ2v) is 4.19. The van der Waals surface area contributed by atoms with Crippen LogP contribution in [0.2, 0.25) is 0 Å². The van der Waals surface area contributed by atoms with Gasteiger partial charge in [0.1, 0.15) is 0 Å². The molecule has 1 atom stereocenters. The fourth-order valence-electron chi connectivity index (χ4n) is 2.13. The van der Waals surface area contributed by atoms with Gasteiger partial charge in [0.05, 0.1) is 25.4 Å². The minimum atomic E-state index is -0.0411. The van der Waals surface area contributed by atoms with Crippen molar-refractivity contribution in [3.63, 3.8) is 0 Å². The number of carbonyl (C=O) groups excluding carboxylic acids is 1. The highest BCUT2D eigenvalue weighted by atomic mass is 16.5. The fraction of sp³-hybridized carbons (Fsp3) is 0.636. The van der Waals surface area contributed by atoms with Crippen LogP contribution in [-0.2, 0) is 18.4 Å². The first kappa shape index (κ1) is 11.9. The van der Waals surface area contributed by atoms with Crippen molar-refractivity contribution in [2.24, 2.45) is 7.05 Å². The number of rotatable bonds is 4. The molecule has 0 spiro atoms. The molecule has 1 fully saturated rings. The van der Waals surface area contributed by atoms with Crippen LogP contribution >= 0.6 is 0 Å². The fourth-order valence-corrected chi connectivity index (χ4v) is 2.13. The first-order valence-corrected chi connectivity index (χ1v) is 5.68. The summed E-state index contributed by atoms with van der Waals surface area (Å²) in [6.07, 6.45) is 0.860. The predicted octanol–water partition coefficient (Wildman–Crippen LogP) is -0.251. The van der Waals surface area contributed by atoms with Crippen LogP contribution in [-0.4, -0.2) is 47.3 Å². The summed E-state index contributed by atoms with van der Waals surface area (Å²) in [6, 6.07) is 1.82. The molecule has 6 heteroatoms. The molecule has 1 aliphatic rings. The van der Waals surface area contributed by atoms with Crippen molar-refractivity contribution in [1.29, 1.82) is 0 Å². The van der Waals surface area contributed by atoms with Crippen LogP contribution in [0.3, 0.4) is 0 Å². The summed E-state index contributed by atoms with van der Waals surface area (Å²) in [5.74, 6) is 0.855. The quantitative estimate of drug-likeness (QED) is 0.786. The van der Waals surface area contributed by atoms with Gasteiger partial charge in [0, 0.05) is 19.7 Å². The number of hydrogen-bond acceptors (Lipinski definition) is 4. The minimum Gasteiger partial charge on any atom is -0.481 e. The van der Waals surface area contributed by atoms with Gasteiger partial charge in [0.2, 0.25) is 11.8 Å². The second kappa shape index (κ2) is 4.75. The van der Waals surface area contributed by atoms with Crippen LogP contribution in [0.4, 0.5) is 0 Å². The van der Waals surface area contributed by atoms with E-state index >= 15 is 0 Å². The first-order chi connectivity index (χ1) is 8.15. The van der Waals surface area contributed by atoms with Gasteiger partial charge >= 0.3 is 0 Å². The van der Waals surface area contributed by atoms with Gasteiger partial charge in [-0.2, -0.15) is 5.10 Å². The number of hydrogen-bond donors (Lipinski definition) is 1. The number of carbonyl (C=O) groups is 1. The zero-order valence-electron chi connectivity index (χ0n) is 10.4. The summed E-state index contributed by atoms with van der Waals surface area (Å²) in [5, 5.41) is 7.32. The van der Waals surface area contributed by atoms with E-state index in [0.29, 0.717) is 12.4 Å². The lowest BCUT2D eigenvalue weighted by molar-refractivity contribution is -0.129. The Morgan fingerprint density at radius 2 is 2.41 bits per heavy atom. The number of nitrogens with zero attached hydrogens (tertiary/aromatic N) is 3. The summed E-state index contributed by atoms with van der Waals surface area (Å²) in [4.78, 5) is 13.7. The summed E-state index contributed by atoms with van der Waals surface area (Å²) < 4.78 is 6.82. The third-order valence-corrected chi connectivity index (χ3v) is 3.10. The Balaban J connectivity index is 2.04. The zero-order valence-corrected chi connectivity index (χ0v) is 10.4. The number of aryl methyl sites for hydroxylation is 1. The Hall–Kier alpha value is -1.56. The van der Waals surface area contributed by atoms with Crippen molar-refractivity contribution in [3.05, 3.63) is 11.8 Å². The number of ether oxygens (including phenoxy) is 1. The molecule has 2 rings (SSSR count). The number of likely N-dealkylation sites (tertiary alicyclic amines) is 1. The van der Waals surface area contributed by atoms with Crippen molar-refractivity contribution in [3.8, 4) is 5.88 Å². The van der Waals surface area contributed by atoms with Gasteiger partial charge in [-0.05, 0) is 13.5 Å². The third kappa shape index (κ3) is 2.26. The van der Waals surface area contributed by atoms with Gasteiger partial charge in [-0.25, -0.2) is 4.68 Å². The molecule has 1 amide bonds. The molecule has 0 radical (unpaired) electrons. The topological polar surface area (TPSA) is 59.4 Å². The maximum Gasteiger partial charge on any atom is 0.240 e. The molecular formula is C11H18N4O2. The van der Waals surface area contributed by atoms with Crippen LogP contribution in [0.25, 0.3) is 0 Å². The first-order valence-electron chi connectivity index (χ1n) is 5.68. The van der Waals surface area contributed by atoms with Crippen LogP contribution in [0.15, 0.2) is 6.07 Å². The molecule has 1 aliphatic heterocycles. The van der Waals surface area contributed by atoms with Crippen molar-refractivity contribution in [2.75, 3.05) is 20.7 Å². The Kier molecular flexibility index (Phi) is 3.33. The number of amides is 1. The van der Waals surface area contributed by atoms with E-state index in [2.05, 4.69) is 10.4 Å². The number of aromatic nitrogens is 2. The molecule has 0 bridgehead atoms. The maximum absolute atomic E-state index is 11.9. The molecule has 1 aromatic rings. The molecule has 6 nitrogen and oxygen atoms in total. The highest BCUT2D eigenvalue weighted by molar-refractivity contribution is 5.83. The molecule has 1 saturated heterocycles. The third-order valence-electron chi connectivity index (χ3n) is 3.10. The average molecular weight is 238 g/mol. The Bertz CT molecular complexity index is 416. The Labute approximate surface area is 101 Å². The molecular weight excluding hydrogens is 220 g/mol. The number of nitrogens with one attached hydrogen (secondary N) is 1. The van der Waals surface area contributed by atoms with Gasteiger partial charge in [-0.3, -0.25) is 4.79 Å². The standard InChI is InChI=1S/C11H18N4O2/c1-12-9-4-5-15(11(9)16)7-8-6-10(17-3)14(2)13-8/h6,9,12H,4-5,7H2,1-3H3. The van der Waals surface area contributed by atoms with Crippen LogP contribution in [0.1, 0.15) is 12.1 Å². The molecule has 0 aliphatic carbocycles. The van der Waals surface area contributed by atoms with Gasteiger partial charge in [-0.1, -0.05) is 0 Å². The molecule has 2 heterocycles. The van der Waals surface area contributed by atoms with E-state index in [1.807, 2.05) is 25.1 Å². The SMILES string of the molecule is CNC1CCN(Cc2cc(OC)n(C)n2)C1=O. The lowest BCUT2D eigenvalue weighted by Crippen LogP contribution is -2.36. The van der Waals surface area contributed by atoms with E-state index in [9.17, 15) is 4.79 Å². The lowest BCUT2D eigenvalue weighted by atomic mass is 10.3. The van der Waals surface area contributed by atoms with Gasteiger partial charge < -0.3 is 15.0 Å². The molecule has 17 heavy (non-hydrogen) atoms. The normalized spacial score (nSPS) is 20.1. The van der Waals surface area contributed by atoms with E-state index in [1.54, 1.807) is 11.8 Å². The smallest absolute Gasteiger partial charge is 0.240 e. The molecule has 94 valence electrons. The summed E-state index contributed by atoms with van der Waals surface area (Å²) in [5.41, 5.74) is 0.856. The van der Waals surface area contributed by atoms with E-state index < -0.39 is 0 Å². The predicted molar refractivity (Wildman–Crippen MR) is 62.6 cm³/mol. The van der Waals surface area contributed by atoms with Gasteiger partial charge in [0.25, 0.3) is 0 Å². The lowest BCUT2D eigenvalue weighted by Gasteiger charge is -2.14. The monoisotopic (exact) mass is 238 g/mol. The minimum absolute atomic E-state index is 0.0411. The molecule has 1 aromatic heterocycles. The van der Waals surface area contributed by atoms with Crippen molar-refractivity contribution < 1.29 is 9.53 Å². The highest BCUT2D eigenvalue weighted by Crippen LogP contribution is 2.17. The van der Waals surface area contributed by atoms with E-state index in [-0.39, 0.29) is 11.9 Å². The van der Waals surface area contributed by atoms with Gasteiger partial charge in [0.15, 0.2) is 0 Å². The summed E-state index contributed by atoms with van der Waals surface area (Å²) in [7, 11) is 5.25. The maximum atomic E-state index is 11.9. The Morgan fingerprint density at radius 3 is 2.94 bits per heavy atom. The zero-order chi connectivity index (χ0) is 12.4. The largest absolute Gasteiger partial charge is 0.481 e. The second-order valence-electron chi connectivity index (χ2n) is 4.19. The summed E-state index contributed by atoms with van der Waals surface area (Å²) in [6.45, 7) is 1.33. The van der Waals surface area contributed by atoms with Crippen molar-refractivity contribution in [2.45, 2.75) is 19.0 Å². The Morgan fingerprint density at radius 1 is 1.65 bits per heavy atom. The van der Waals surface area contributed by atoms with Crippen molar-refractivity contribution >= 4 is 5.91 Å². The van der Waals surface area contributed by atoms with E-state index in [4.69, 9.17) is 4.74 Å². The van der Waals surface area contributed by atoms with Crippen LogP contribution in [0, 0.1) is 0 Å². The van der Waals surface area contributed by atoms with Crippen LogP contribution in [0.5, 0.6) is 5.88 Å². The molecule has 0 saturated carbocycles. The number of likely N-dealkylation sites (N-methyl/N-ethyl adjacent to an activating group) is 1. The molecule has 0 aromatic carbocycles. The molecule has 1 N–H and O–H groups in total. The highest BCUT2D eigenvalue weighted by Gasteiger charge is 2.30. The van der Waals surface area contributed by atoms with Crippen LogP contribution < -0.4 is 10.1 Å². The van der Waals surface area contributed by atoms with E-state index in [0.717, 1.165) is 18.7 Å². The molecule has 1 unspecified atom stereocenters. The summed E-state index contributed by atoms with van der Waals surface area (Å²) >= 11 is 0.